The van der Waals surface area contributed by atoms with E-state index in [1.165, 1.54) is 0 Å². The minimum absolute atomic E-state index is 0.190. The van der Waals surface area contributed by atoms with E-state index in [2.05, 4.69) is 5.32 Å². The van der Waals surface area contributed by atoms with Crippen molar-refractivity contribution in [1.29, 1.82) is 0 Å². The van der Waals surface area contributed by atoms with E-state index in [0.29, 0.717) is 19.1 Å². The zero-order chi connectivity index (χ0) is 12.2. The van der Waals surface area contributed by atoms with E-state index in [0.717, 1.165) is 19.4 Å². The molecule has 0 aromatic rings. The van der Waals surface area contributed by atoms with Crippen molar-refractivity contribution >= 4 is 10.0 Å². The Hall–Kier alpha value is -0.130. The summed E-state index contributed by atoms with van der Waals surface area (Å²) in [7, 11) is -3.07. The van der Waals surface area contributed by atoms with Gasteiger partial charge in [-0.05, 0) is 25.3 Å². The molecule has 0 saturated carbocycles. The molecule has 1 rings (SSSR count). The van der Waals surface area contributed by atoms with E-state index in [4.69, 9.17) is 0 Å². The zero-order valence-electron chi connectivity index (χ0n) is 10.6. The Morgan fingerprint density at radius 3 is 2.56 bits per heavy atom. The van der Waals surface area contributed by atoms with Crippen LogP contribution in [0.1, 0.15) is 33.6 Å². The summed E-state index contributed by atoms with van der Waals surface area (Å²) in [6, 6.07) is 0.349. The molecule has 96 valence electrons. The summed E-state index contributed by atoms with van der Waals surface area (Å²) in [5.41, 5.74) is 0. The van der Waals surface area contributed by atoms with Crippen molar-refractivity contribution in [3.8, 4) is 0 Å². The van der Waals surface area contributed by atoms with Crippen molar-refractivity contribution in [2.45, 2.75) is 39.7 Å². The predicted octanol–water partition coefficient (Wildman–Crippen LogP) is 1.05. The molecule has 1 fully saturated rings. The van der Waals surface area contributed by atoms with Crippen LogP contribution in [-0.2, 0) is 10.0 Å². The minimum Gasteiger partial charge on any atom is -0.313 e. The molecular weight excluding hydrogens is 224 g/mol. The van der Waals surface area contributed by atoms with E-state index in [-0.39, 0.29) is 11.7 Å². The lowest BCUT2D eigenvalue weighted by molar-refractivity contribution is 0.380. The lowest BCUT2D eigenvalue weighted by Crippen LogP contribution is -2.42. The first kappa shape index (κ1) is 13.9. The number of nitrogens with one attached hydrogen (secondary N) is 1. The summed E-state index contributed by atoms with van der Waals surface area (Å²) in [6.45, 7) is 8.02. The summed E-state index contributed by atoms with van der Waals surface area (Å²) in [5.74, 6) is 0.448. The molecule has 4 nitrogen and oxygen atoms in total. The number of hydrogen-bond acceptors (Lipinski definition) is 3. The average Bonchev–Trinajstić information content (AvgIpc) is 2.63. The highest BCUT2D eigenvalue weighted by atomic mass is 32.2. The lowest BCUT2D eigenvalue weighted by atomic mass is 10.2. The van der Waals surface area contributed by atoms with Gasteiger partial charge in [-0.15, -0.1) is 0 Å². The zero-order valence-corrected chi connectivity index (χ0v) is 11.4. The van der Waals surface area contributed by atoms with Crippen LogP contribution in [0.25, 0.3) is 0 Å². The third-order valence-corrected chi connectivity index (χ3v) is 5.16. The predicted molar refractivity (Wildman–Crippen MR) is 66.9 cm³/mol. The Balaban J connectivity index is 2.58. The fourth-order valence-corrected chi connectivity index (χ4v) is 3.98. The van der Waals surface area contributed by atoms with Gasteiger partial charge in [-0.3, -0.25) is 0 Å². The van der Waals surface area contributed by atoms with Gasteiger partial charge in [-0.2, -0.15) is 0 Å². The van der Waals surface area contributed by atoms with Crippen LogP contribution in [0.15, 0.2) is 0 Å². The Labute approximate surface area is 99.5 Å². The molecule has 1 heterocycles. The van der Waals surface area contributed by atoms with E-state index in [1.54, 1.807) is 4.31 Å². The number of nitrogens with zero attached hydrogens (tertiary/aromatic N) is 1. The SMILES string of the molecule is CCN(CC1CCCN1)S(=O)(=O)CC(C)C. The topological polar surface area (TPSA) is 49.4 Å². The van der Waals surface area contributed by atoms with Gasteiger partial charge < -0.3 is 5.32 Å². The van der Waals surface area contributed by atoms with Gasteiger partial charge in [0.1, 0.15) is 0 Å². The molecule has 0 bridgehead atoms. The highest BCUT2D eigenvalue weighted by molar-refractivity contribution is 7.89. The smallest absolute Gasteiger partial charge is 0.214 e. The van der Waals surface area contributed by atoms with Crippen LogP contribution in [0.5, 0.6) is 0 Å². The molecule has 0 amide bonds. The molecule has 1 unspecified atom stereocenters. The monoisotopic (exact) mass is 248 g/mol. The van der Waals surface area contributed by atoms with Crippen molar-refractivity contribution < 1.29 is 8.42 Å². The number of rotatable bonds is 6. The van der Waals surface area contributed by atoms with E-state index >= 15 is 0 Å². The minimum atomic E-state index is -3.07. The molecule has 1 atom stereocenters. The molecule has 0 aliphatic carbocycles. The Morgan fingerprint density at radius 1 is 1.44 bits per heavy atom. The van der Waals surface area contributed by atoms with E-state index in [1.807, 2.05) is 20.8 Å². The third-order valence-electron chi connectivity index (χ3n) is 2.88. The van der Waals surface area contributed by atoms with Gasteiger partial charge >= 0.3 is 0 Å². The molecule has 16 heavy (non-hydrogen) atoms. The Bertz CT molecular complexity index is 295. The summed E-state index contributed by atoms with van der Waals surface area (Å²) < 4.78 is 25.7. The standard InChI is InChI=1S/C11H24N2O2S/c1-4-13(8-11-6-5-7-12-11)16(14,15)9-10(2)3/h10-12H,4-9H2,1-3H3. The van der Waals surface area contributed by atoms with E-state index in [9.17, 15) is 8.42 Å². The van der Waals surface area contributed by atoms with Crippen molar-refractivity contribution in [2.24, 2.45) is 5.92 Å². The molecular formula is C11H24N2O2S. The highest BCUT2D eigenvalue weighted by Gasteiger charge is 2.25. The number of hydrogen-bond donors (Lipinski definition) is 1. The summed E-state index contributed by atoms with van der Waals surface area (Å²) >= 11 is 0. The molecule has 1 aliphatic rings. The molecule has 0 spiro atoms. The summed E-state index contributed by atoms with van der Waals surface area (Å²) in [4.78, 5) is 0. The van der Waals surface area contributed by atoms with Crippen molar-refractivity contribution in [3.63, 3.8) is 0 Å². The number of likely N-dealkylation sites (N-methyl/N-ethyl adjacent to an activating group) is 1. The molecule has 0 aromatic heterocycles. The average molecular weight is 248 g/mol. The quantitative estimate of drug-likeness (QED) is 0.764. The maximum absolute atomic E-state index is 12.1. The maximum atomic E-state index is 12.1. The lowest BCUT2D eigenvalue weighted by Gasteiger charge is -2.24. The summed E-state index contributed by atoms with van der Waals surface area (Å²) in [6.07, 6.45) is 2.25. The van der Waals surface area contributed by atoms with Gasteiger partial charge in [0.25, 0.3) is 0 Å². The normalized spacial score (nSPS) is 22.2. The van der Waals surface area contributed by atoms with Crippen LogP contribution in [0.3, 0.4) is 0 Å². The van der Waals surface area contributed by atoms with Gasteiger partial charge in [-0.25, -0.2) is 12.7 Å². The Morgan fingerprint density at radius 2 is 2.12 bits per heavy atom. The second-order valence-electron chi connectivity index (χ2n) is 4.92. The fraction of sp³-hybridized carbons (Fsp3) is 1.00. The van der Waals surface area contributed by atoms with Gasteiger partial charge in [0.15, 0.2) is 0 Å². The van der Waals surface area contributed by atoms with Gasteiger partial charge in [0, 0.05) is 19.1 Å². The first-order valence-electron chi connectivity index (χ1n) is 6.17. The second-order valence-corrected chi connectivity index (χ2v) is 6.93. The van der Waals surface area contributed by atoms with Crippen LogP contribution < -0.4 is 5.32 Å². The van der Waals surface area contributed by atoms with Crippen LogP contribution in [0.4, 0.5) is 0 Å². The van der Waals surface area contributed by atoms with Crippen molar-refractivity contribution in [3.05, 3.63) is 0 Å². The summed E-state index contributed by atoms with van der Waals surface area (Å²) in [5, 5.41) is 3.34. The largest absolute Gasteiger partial charge is 0.313 e. The fourth-order valence-electron chi connectivity index (χ4n) is 2.12. The third kappa shape index (κ3) is 4.03. The van der Waals surface area contributed by atoms with Crippen LogP contribution >= 0.6 is 0 Å². The highest BCUT2D eigenvalue weighted by Crippen LogP contribution is 2.12. The number of sulfonamides is 1. The molecule has 0 aromatic carbocycles. The molecule has 0 radical (unpaired) electrons. The maximum Gasteiger partial charge on any atom is 0.214 e. The van der Waals surface area contributed by atoms with Crippen molar-refractivity contribution in [2.75, 3.05) is 25.4 Å². The van der Waals surface area contributed by atoms with E-state index < -0.39 is 10.0 Å². The van der Waals surface area contributed by atoms with Gasteiger partial charge in [-0.1, -0.05) is 20.8 Å². The molecule has 1 N–H and O–H groups in total. The first-order valence-corrected chi connectivity index (χ1v) is 7.77. The second kappa shape index (κ2) is 5.98. The Kier molecular flexibility index (Phi) is 5.21. The van der Waals surface area contributed by atoms with Crippen LogP contribution in [0.2, 0.25) is 0 Å². The molecule has 5 heteroatoms. The van der Waals surface area contributed by atoms with Crippen LogP contribution in [0, 0.1) is 5.92 Å². The molecule has 1 saturated heterocycles. The van der Waals surface area contributed by atoms with Crippen molar-refractivity contribution in [1.82, 2.24) is 9.62 Å². The van der Waals surface area contributed by atoms with Crippen LogP contribution in [-0.4, -0.2) is 44.2 Å². The molecule has 1 aliphatic heterocycles. The van der Waals surface area contributed by atoms with Gasteiger partial charge in [0.05, 0.1) is 5.75 Å². The van der Waals surface area contributed by atoms with Gasteiger partial charge in [0.2, 0.25) is 10.0 Å². The first-order chi connectivity index (χ1) is 7.45.